The monoisotopic (exact) mass is 396 g/mol. The number of nitrogens with one attached hydrogen (secondary N) is 2. The number of ether oxygens (including phenoxy) is 1. The highest BCUT2D eigenvalue weighted by Crippen LogP contribution is 2.28. The molecule has 0 saturated heterocycles. The van der Waals surface area contributed by atoms with Gasteiger partial charge in [-0.05, 0) is 55.0 Å². The summed E-state index contributed by atoms with van der Waals surface area (Å²) in [7, 11) is 0. The van der Waals surface area contributed by atoms with Crippen molar-refractivity contribution in [3.05, 3.63) is 59.2 Å². The Balaban J connectivity index is 2.13. The van der Waals surface area contributed by atoms with Crippen LogP contribution in [0.3, 0.4) is 0 Å². The molecule has 156 valence electrons. The number of carbonyl (C=O) groups is 2. The second kappa shape index (κ2) is 10.1. The second-order valence-electron chi connectivity index (χ2n) is 8.09. The predicted octanol–water partition coefficient (Wildman–Crippen LogP) is 4.91. The average Bonchev–Trinajstić information content (AvgIpc) is 2.66. The zero-order chi connectivity index (χ0) is 21.6. The van der Waals surface area contributed by atoms with Crippen LogP contribution in [0.5, 0.6) is 5.75 Å². The van der Waals surface area contributed by atoms with Crippen LogP contribution in [0.15, 0.2) is 42.5 Å². The van der Waals surface area contributed by atoms with Crippen molar-refractivity contribution in [3.63, 3.8) is 0 Å². The molecular formula is C24H32N2O3. The third kappa shape index (κ3) is 6.34. The number of anilines is 1. The Labute approximate surface area is 173 Å². The van der Waals surface area contributed by atoms with Gasteiger partial charge < -0.3 is 15.4 Å². The Hall–Kier alpha value is -2.82. The van der Waals surface area contributed by atoms with Crippen molar-refractivity contribution >= 4 is 17.5 Å². The summed E-state index contributed by atoms with van der Waals surface area (Å²) in [6.07, 6.45) is -0.707. The highest BCUT2D eigenvalue weighted by atomic mass is 16.5. The molecule has 0 saturated carbocycles. The Morgan fingerprint density at radius 2 is 1.69 bits per heavy atom. The van der Waals surface area contributed by atoms with Crippen LogP contribution in [-0.4, -0.2) is 24.5 Å². The van der Waals surface area contributed by atoms with Crippen LogP contribution in [0.4, 0.5) is 5.69 Å². The summed E-state index contributed by atoms with van der Waals surface area (Å²) in [5.74, 6) is 0.838. The zero-order valence-corrected chi connectivity index (χ0v) is 18.2. The van der Waals surface area contributed by atoms with Gasteiger partial charge in [0.1, 0.15) is 5.75 Å². The smallest absolute Gasteiger partial charge is 0.265 e. The van der Waals surface area contributed by atoms with Crippen molar-refractivity contribution in [2.75, 3.05) is 11.9 Å². The van der Waals surface area contributed by atoms with Gasteiger partial charge in [-0.2, -0.15) is 0 Å². The predicted molar refractivity (Wildman–Crippen MR) is 118 cm³/mol. The minimum absolute atomic E-state index is 0.205. The maximum Gasteiger partial charge on any atom is 0.265 e. The lowest BCUT2D eigenvalue weighted by atomic mass is 10.0. The maximum absolute atomic E-state index is 12.8. The molecule has 2 rings (SSSR count). The van der Waals surface area contributed by atoms with Crippen molar-refractivity contribution in [1.29, 1.82) is 0 Å². The molecule has 0 aliphatic heterocycles. The minimum atomic E-state index is -0.707. The van der Waals surface area contributed by atoms with Crippen molar-refractivity contribution in [3.8, 4) is 5.75 Å². The van der Waals surface area contributed by atoms with Gasteiger partial charge in [-0.1, -0.05) is 52.0 Å². The van der Waals surface area contributed by atoms with E-state index in [1.807, 2.05) is 39.0 Å². The maximum atomic E-state index is 12.8. The Morgan fingerprint density at radius 3 is 2.34 bits per heavy atom. The van der Waals surface area contributed by atoms with E-state index in [0.717, 1.165) is 11.1 Å². The van der Waals surface area contributed by atoms with Gasteiger partial charge in [0.25, 0.3) is 11.8 Å². The molecule has 0 bridgehead atoms. The molecule has 0 spiro atoms. The lowest BCUT2D eigenvalue weighted by Gasteiger charge is -2.20. The Kier molecular flexibility index (Phi) is 7.82. The minimum Gasteiger partial charge on any atom is -0.481 e. The lowest BCUT2D eigenvalue weighted by molar-refractivity contribution is -0.122. The average molecular weight is 397 g/mol. The fraction of sp³-hybridized carbons (Fsp3) is 0.417. The van der Waals surface area contributed by atoms with E-state index in [1.54, 1.807) is 31.2 Å². The quantitative estimate of drug-likeness (QED) is 0.666. The third-order valence-corrected chi connectivity index (χ3v) is 4.56. The molecule has 0 aliphatic rings. The van der Waals surface area contributed by atoms with E-state index in [-0.39, 0.29) is 17.7 Å². The molecule has 1 unspecified atom stereocenters. The van der Waals surface area contributed by atoms with Crippen LogP contribution in [0.1, 0.15) is 62.0 Å². The molecule has 0 heterocycles. The highest BCUT2D eigenvalue weighted by Gasteiger charge is 2.20. The number of aryl methyl sites for hydroxylation is 1. The van der Waals surface area contributed by atoms with Crippen LogP contribution in [0.2, 0.25) is 0 Å². The van der Waals surface area contributed by atoms with E-state index in [9.17, 15) is 9.59 Å². The van der Waals surface area contributed by atoms with Crippen LogP contribution in [0, 0.1) is 12.8 Å². The molecule has 0 aromatic heterocycles. The van der Waals surface area contributed by atoms with E-state index < -0.39 is 6.10 Å². The largest absolute Gasteiger partial charge is 0.481 e. The van der Waals surface area contributed by atoms with Crippen LogP contribution >= 0.6 is 0 Å². The molecule has 5 nitrogen and oxygen atoms in total. The Bertz CT molecular complexity index is 859. The topological polar surface area (TPSA) is 67.4 Å². The van der Waals surface area contributed by atoms with Gasteiger partial charge in [-0.3, -0.25) is 9.59 Å². The van der Waals surface area contributed by atoms with Gasteiger partial charge in [0, 0.05) is 6.54 Å². The van der Waals surface area contributed by atoms with Crippen molar-refractivity contribution in [1.82, 2.24) is 5.32 Å². The number of para-hydroxylation sites is 1. The molecular weight excluding hydrogens is 364 g/mol. The van der Waals surface area contributed by atoms with Gasteiger partial charge in [0.15, 0.2) is 6.10 Å². The summed E-state index contributed by atoms with van der Waals surface area (Å²) < 4.78 is 5.99. The van der Waals surface area contributed by atoms with E-state index in [4.69, 9.17) is 4.74 Å². The summed E-state index contributed by atoms with van der Waals surface area (Å²) in [4.78, 5) is 25.2. The normalized spacial score (nSPS) is 12.0. The first-order valence-corrected chi connectivity index (χ1v) is 10.1. The molecule has 2 aromatic rings. The SMILES string of the molecule is Cc1ccc(C(C)C)c(OC(C)C(=O)Nc2ccccc2C(=O)NCC(C)C)c1. The molecule has 2 aromatic carbocycles. The molecule has 1 atom stereocenters. The van der Waals surface area contributed by atoms with Crippen LogP contribution < -0.4 is 15.4 Å². The number of hydrogen-bond donors (Lipinski definition) is 2. The number of amides is 2. The summed E-state index contributed by atoms with van der Waals surface area (Å²) in [6.45, 7) is 12.5. The van der Waals surface area contributed by atoms with Crippen molar-refractivity contribution in [2.45, 2.75) is 53.6 Å². The third-order valence-electron chi connectivity index (χ3n) is 4.56. The van der Waals surface area contributed by atoms with Gasteiger partial charge in [-0.25, -0.2) is 0 Å². The number of carbonyl (C=O) groups excluding carboxylic acids is 2. The fourth-order valence-corrected chi connectivity index (χ4v) is 2.88. The summed E-state index contributed by atoms with van der Waals surface area (Å²) in [5, 5.41) is 5.72. The number of benzene rings is 2. The van der Waals surface area contributed by atoms with Gasteiger partial charge in [-0.15, -0.1) is 0 Å². The van der Waals surface area contributed by atoms with E-state index in [1.165, 1.54) is 0 Å². The molecule has 0 aliphatic carbocycles. The number of rotatable bonds is 8. The summed E-state index contributed by atoms with van der Waals surface area (Å²) in [6, 6.07) is 13.0. The molecule has 2 amide bonds. The first kappa shape index (κ1) is 22.5. The zero-order valence-electron chi connectivity index (χ0n) is 18.2. The Morgan fingerprint density at radius 1 is 1.00 bits per heavy atom. The van der Waals surface area contributed by atoms with E-state index in [0.29, 0.717) is 29.5 Å². The molecule has 5 heteroatoms. The summed E-state index contributed by atoms with van der Waals surface area (Å²) in [5.41, 5.74) is 3.04. The highest BCUT2D eigenvalue weighted by molar-refractivity contribution is 6.04. The van der Waals surface area contributed by atoms with Crippen molar-refractivity contribution < 1.29 is 14.3 Å². The van der Waals surface area contributed by atoms with Crippen LogP contribution in [0.25, 0.3) is 0 Å². The van der Waals surface area contributed by atoms with Crippen molar-refractivity contribution in [2.24, 2.45) is 5.92 Å². The standard InChI is InChI=1S/C24H32N2O3/c1-15(2)14-25-24(28)20-9-7-8-10-21(20)26-23(27)18(6)29-22-13-17(5)11-12-19(22)16(3)4/h7-13,15-16,18H,14H2,1-6H3,(H,25,28)(H,26,27). The summed E-state index contributed by atoms with van der Waals surface area (Å²) >= 11 is 0. The molecule has 2 N–H and O–H groups in total. The fourth-order valence-electron chi connectivity index (χ4n) is 2.88. The van der Waals surface area contributed by atoms with Gasteiger partial charge >= 0.3 is 0 Å². The van der Waals surface area contributed by atoms with E-state index in [2.05, 4.69) is 24.5 Å². The lowest BCUT2D eigenvalue weighted by Crippen LogP contribution is -2.32. The van der Waals surface area contributed by atoms with Gasteiger partial charge in [0.05, 0.1) is 11.3 Å². The first-order chi connectivity index (χ1) is 13.7. The second-order valence-corrected chi connectivity index (χ2v) is 8.09. The first-order valence-electron chi connectivity index (χ1n) is 10.1. The van der Waals surface area contributed by atoms with E-state index >= 15 is 0 Å². The number of hydrogen-bond acceptors (Lipinski definition) is 3. The van der Waals surface area contributed by atoms with Crippen LogP contribution in [-0.2, 0) is 4.79 Å². The molecule has 0 radical (unpaired) electrons. The molecule has 29 heavy (non-hydrogen) atoms. The molecule has 0 fully saturated rings. The van der Waals surface area contributed by atoms with Gasteiger partial charge in [0.2, 0.25) is 0 Å².